The average molecular weight is 430 g/mol. The van der Waals surface area contributed by atoms with E-state index in [1.807, 2.05) is 18.2 Å². The van der Waals surface area contributed by atoms with Gasteiger partial charge in [0.15, 0.2) is 5.92 Å². The fraction of sp³-hybridized carbons (Fsp3) is 0.158. The molecule has 8 heteroatoms. The summed E-state index contributed by atoms with van der Waals surface area (Å²) in [5, 5.41) is 2.19. The number of hydrogen-bond donors (Lipinski definition) is 1. The maximum Gasteiger partial charge on any atom is 0.335 e. The Morgan fingerprint density at radius 1 is 1.15 bits per heavy atom. The number of nitrogens with zero attached hydrogens (tertiary/aromatic N) is 2. The second-order valence-electron chi connectivity index (χ2n) is 5.72. The lowest BCUT2D eigenvalue weighted by molar-refractivity contribution is -0.131. The molecule has 0 radical (unpaired) electrons. The summed E-state index contributed by atoms with van der Waals surface area (Å²) in [5.41, 5.74) is 1.19. The van der Waals surface area contributed by atoms with Gasteiger partial charge in [-0.05, 0) is 30.3 Å². The molecule has 0 saturated carbocycles. The highest BCUT2D eigenvalue weighted by Gasteiger charge is 2.40. The average Bonchev–Trinajstić information content (AvgIpc) is 2.66. The van der Waals surface area contributed by atoms with Crippen molar-refractivity contribution in [3.8, 4) is 5.75 Å². The summed E-state index contributed by atoms with van der Waals surface area (Å²) in [4.78, 5) is 42.1. The van der Waals surface area contributed by atoms with Gasteiger partial charge in [-0.15, -0.1) is 0 Å². The Hall–Kier alpha value is -3.00. The van der Waals surface area contributed by atoms with Crippen molar-refractivity contribution in [2.24, 2.45) is 10.9 Å². The van der Waals surface area contributed by atoms with Crippen molar-refractivity contribution in [2.75, 3.05) is 12.0 Å². The van der Waals surface area contributed by atoms with Gasteiger partial charge in [0.25, 0.3) is 5.91 Å². The topological polar surface area (TPSA) is 88.1 Å². The molecule has 1 aliphatic rings. The number of amides is 4. The number of aliphatic imine (C=N–C) groups is 1. The van der Waals surface area contributed by atoms with Crippen LogP contribution in [-0.4, -0.2) is 31.2 Å². The lowest BCUT2D eigenvalue weighted by Gasteiger charge is -2.28. The number of imide groups is 2. The Balaban J connectivity index is 1.80. The van der Waals surface area contributed by atoms with Crippen LogP contribution < -0.4 is 15.0 Å². The largest absolute Gasteiger partial charge is 0.496 e. The minimum absolute atomic E-state index is 0.243. The van der Waals surface area contributed by atoms with Crippen molar-refractivity contribution in [1.82, 2.24) is 5.32 Å². The van der Waals surface area contributed by atoms with Crippen molar-refractivity contribution in [1.29, 1.82) is 0 Å². The van der Waals surface area contributed by atoms with E-state index in [-0.39, 0.29) is 6.54 Å². The number of para-hydroxylation sites is 1. The van der Waals surface area contributed by atoms with Gasteiger partial charge in [-0.1, -0.05) is 34.1 Å². The maximum atomic E-state index is 12.7. The third-order valence-electron chi connectivity index (χ3n) is 4.00. The highest BCUT2D eigenvalue weighted by atomic mass is 79.9. The molecule has 0 spiro atoms. The van der Waals surface area contributed by atoms with E-state index >= 15 is 0 Å². The Kier molecular flexibility index (Phi) is 5.66. The number of barbiturate groups is 1. The smallest absolute Gasteiger partial charge is 0.335 e. The van der Waals surface area contributed by atoms with Gasteiger partial charge >= 0.3 is 6.03 Å². The molecule has 1 saturated heterocycles. The Bertz CT molecular complexity index is 911. The van der Waals surface area contributed by atoms with Crippen LogP contribution in [0, 0.1) is 5.92 Å². The van der Waals surface area contributed by atoms with Gasteiger partial charge in [-0.3, -0.25) is 19.9 Å². The number of urea groups is 1. The summed E-state index contributed by atoms with van der Waals surface area (Å²) in [5.74, 6) is -1.85. The highest BCUT2D eigenvalue weighted by Crippen LogP contribution is 2.23. The van der Waals surface area contributed by atoms with Gasteiger partial charge < -0.3 is 4.74 Å². The second kappa shape index (κ2) is 8.13. The first-order valence-electron chi connectivity index (χ1n) is 8.07. The van der Waals surface area contributed by atoms with Gasteiger partial charge in [0.2, 0.25) is 5.91 Å². The van der Waals surface area contributed by atoms with E-state index in [0.717, 1.165) is 14.9 Å². The molecule has 0 unspecified atom stereocenters. The third kappa shape index (κ3) is 4.06. The summed E-state index contributed by atoms with van der Waals surface area (Å²) < 4.78 is 6.06. The molecule has 3 rings (SSSR count). The predicted molar refractivity (Wildman–Crippen MR) is 104 cm³/mol. The van der Waals surface area contributed by atoms with E-state index < -0.39 is 23.8 Å². The number of nitrogens with one attached hydrogen (secondary N) is 1. The van der Waals surface area contributed by atoms with Crippen molar-refractivity contribution >= 4 is 45.7 Å². The molecule has 1 N–H and O–H groups in total. The number of ether oxygens (including phenoxy) is 1. The molecule has 2 aromatic rings. The first kappa shape index (κ1) is 18.8. The quantitative estimate of drug-likeness (QED) is 0.584. The molecule has 0 aliphatic carbocycles. The molecule has 1 aliphatic heterocycles. The van der Waals surface area contributed by atoms with Gasteiger partial charge in [-0.25, -0.2) is 9.69 Å². The molecule has 7 nitrogen and oxygen atoms in total. The van der Waals surface area contributed by atoms with Crippen LogP contribution in [0.3, 0.4) is 0 Å². The normalized spacial score (nSPS) is 17.3. The fourth-order valence-corrected chi connectivity index (χ4v) is 2.91. The molecule has 1 heterocycles. The summed E-state index contributed by atoms with van der Waals surface area (Å²) in [6, 6.07) is 13.2. The van der Waals surface area contributed by atoms with E-state index in [4.69, 9.17) is 4.74 Å². The molecule has 4 amide bonds. The molecule has 2 aromatic carbocycles. The molecule has 138 valence electrons. The number of carbonyl (C=O) groups is 3. The Morgan fingerprint density at radius 2 is 1.85 bits per heavy atom. The summed E-state index contributed by atoms with van der Waals surface area (Å²) >= 11 is 3.30. The van der Waals surface area contributed by atoms with E-state index in [1.165, 1.54) is 6.21 Å². The summed E-state index contributed by atoms with van der Waals surface area (Å²) in [7, 11) is 1.56. The zero-order valence-corrected chi connectivity index (χ0v) is 16.0. The maximum absolute atomic E-state index is 12.7. The monoisotopic (exact) mass is 429 g/mol. The van der Waals surface area contributed by atoms with Gasteiger partial charge in [0.05, 0.1) is 19.3 Å². The highest BCUT2D eigenvalue weighted by molar-refractivity contribution is 9.10. The van der Waals surface area contributed by atoms with Gasteiger partial charge in [-0.2, -0.15) is 0 Å². The van der Waals surface area contributed by atoms with Crippen LogP contribution in [0.1, 0.15) is 5.56 Å². The molecule has 1 fully saturated rings. The van der Waals surface area contributed by atoms with Crippen LogP contribution in [-0.2, 0) is 16.1 Å². The summed E-state index contributed by atoms with van der Waals surface area (Å²) in [6.45, 7) is 0.243. The van der Waals surface area contributed by atoms with Crippen LogP contribution in [0.4, 0.5) is 10.5 Å². The number of carbonyl (C=O) groups excluding carboxylic acids is 3. The first-order chi connectivity index (χ1) is 13.0. The van der Waals surface area contributed by atoms with Crippen LogP contribution in [0.25, 0.3) is 0 Å². The first-order valence-corrected chi connectivity index (χ1v) is 8.86. The van der Waals surface area contributed by atoms with Gasteiger partial charge in [0.1, 0.15) is 5.75 Å². The minimum Gasteiger partial charge on any atom is -0.496 e. The molecular formula is C19H16BrN3O4. The lowest BCUT2D eigenvalue weighted by atomic mass is 10.1. The second-order valence-corrected chi connectivity index (χ2v) is 6.64. The number of anilines is 1. The predicted octanol–water partition coefficient (Wildman–Crippen LogP) is 2.93. The Labute approximate surface area is 164 Å². The van der Waals surface area contributed by atoms with Crippen molar-refractivity contribution < 1.29 is 19.1 Å². The van der Waals surface area contributed by atoms with Gasteiger partial charge in [0, 0.05) is 16.3 Å². The number of halogens is 1. The van der Waals surface area contributed by atoms with Crippen LogP contribution in [0.15, 0.2) is 58.0 Å². The molecule has 1 atom stereocenters. The fourth-order valence-electron chi connectivity index (χ4n) is 2.65. The molecule has 0 aromatic heterocycles. The zero-order chi connectivity index (χ0) is 19.4. The lowest BCUT2D eigenvalue weighted by Crippen LogP contribution is -2.58. The SMILES string of the molecule is COc1ccccc1CN=C[C@@H]1C(=O)NC(=O)N(c2ccc(Br)cc2)C1=O. The number of rotatable bonds is 5. The van der Waals surface area contributed by atoms with Crippen molar-refractivity contribution in [3.63, 3.8) is 0 Å². The van der Waals surface area contributed by atoms with E-state index in [9.17, 15) is 14.4 Å². The van der Waals surface area contributed by atoms with E-state index in [2.05, 4.69) is 26.2 Å². The molecule has 0 bridgehead atoms. The minimum atomic E-state index is -1.18. The molecule has 27 heavy (non-hydrogen) atoms. The van der Waals surface area contributed by atoms with Crippen molar-refractivity contribution in [2.45, 2.75) is 6.54 Å². The third-order valence-corrected chi connectivity index (χ3v) is 4.52. The van der Waals surface area contributed by atoms with Crippen LogP contribution >= 0.6 is 15.9 Å². The standard InChI is InChI=1S/C19H16BrN3O4/c1-27-16-5-3-2-4-12(16)10-21-11-15-17(24)22-19(26)23(18(15)25)14-8-6-13(20)7-9-14/h2-9,11,15H,10H2,1H3,(H,22,24,26)/t15-/m1/s1. The van der Waals surface area contributed by atoms with E-state index in [1.54, 1.807) is 37.4 Å². The summed E-state index contributed by atoms with van der Waals surface area (Å²) in [6.07, 6.45) is 1.27. The number of methoxy groups -OCH3 is 1. The van der Waals surface area contributed by atoms with Crippen LogP contribution in [0.2, 0.25) is 0 Å². The zero-order valence-electron chi connectivity index (χ0n) is 14.4. The van der Waals surface area contributed by atoms with Crippen molar-refractivity contribution in [3.05, 3.63) is 58.6 Å². The number of hydrogen-bond acceptors (Lipinski definition) is 5. The number of benzene rings is 2. The van der Waals surface area contributed by atoms with E-state index in [0.29, 0.717) is 11.4 Å². The van der Waals surface area contributed by atoms with Crippen LogP contribution in [0.5, 0.6) is 5.75 Å². The molecular weight excluding hydrogens is 414 g/mol. The Morgan fingerprint density at radius 3 is 2.56 bits per heavy atom.